The van der Waals surface area contributed by atoms with Crippen LogP contribution in [-0.4, -0.2) is 6.54 Å². The number of nitrogens with one attached hydrogen (secondary N) is 1. The van der Waals surface area contributed by atoms with Crippen LogP contribution in [0.2, 0.25) is 5.02 Å². The molecule has 1 aromatic carbocycles. The summed E-state index contributed by atoms with van der Waals surface area (Å²) in [6, 6.07) is 5.79. The molecule has 1 nitrogen and oxygen atoms in total. The van der Waals surface area contributed by atoms with E-state index < -0.39 is 12.5 Å². The van der Waals surface area contributed by atoms with Gasteiger partial charge in [-0.25, -0.2) is 4.84 Å². The molecule has 0 aliphatic carbocycles. The second-order valence-corrected chi connectivity index (χ2v) is 3.17. The molecule has 0 aliphatic heterocycles. The Morgan fingerprint density at radius 3 is 2.46 bits per heavy atom. The molecule has 0 aliphatic rings. The fourth-order valence-electron chi connectivity index (χ4n) is 0.937. The number of rotatable bonds is 3. The van der Waals surface area contributed by atoms with Gasteiger partial charge >= 0.3 is 0 Å². The van der Waals surface area contributed by atoms with Crippen LogP contribution in [0.5, 0.6) is 0 Å². The van der Waals surface area contributed by atoms with Gasteiger partial charge in [-0.2, -0.15) is 8.78 Å². The number of benzene rings is 1. The van der Waals surface area contributed by atoms with Crippen LogP contribution in [0.3, 0.4) is 0 Å². The highest BCUT2D eigenvalue weighted by Crippen LogP contribution is 2.32. The molecule has 0 amide bonds. The normalized spacial score (nSPS) is 11.7. The first kappa shape index (κ1) is 10.7. The van der Waals surface area contributed by atoms with Crippen LogP contribution in [0.4, 0.5) is 8.78 Å². The van der Waals surface area contributed by atoms with Gasteiger partial charge in [0.1, 0.15) is 0 Å². The van der Waals surface area contributed by atoms with E-state index in [1.54, 1.807) is 6.07 Å². The van der Waals surface area contributed by atoms with Crippen LogP contribution < -0.4 is 4.84 Å². The van der Waals surface area contributed by atoms with Gasteiger partial charge in [0.2, 0.25) is 0 Å². The van der Waals surface area contributed by atoms with Crippen LogP contribution in [-0.2, 0) is 5.92 Å². The molecule has 0 atom stereocenters. The van der Waals surface area contributed by atoms with Crippen molar-refractivity contribution in [2.45, 2.75) is 5.92 Å². The third kappa shape index (κ3) is 2.53. The molecule has 0 radical (unpaired) electrons. The Labute approximate surface area is 84.8 Å². The van der Waals surface area contributed by atoms with Crippen molar-refractivity contribution in [1.82, 2.24) is 4.84 Å². The van der Waals surface area contributed by atoms with E-state index in [1.165, 1.54) is 18.2 Å². The smallest absolute Gasteiger partial charge is 0.227 e. The van der Waals surface area contributed by atoms with Crippen molar-refractivity contribution in [3.05, 3.63) is 34.9 Å². The van der Waals surface area contributed by atoms with E-state index in [2.05, 4.69) is 0 Å². The second-order valence-electron chi connectivity index (χ2n) is 2.49. The Morgan fingerprint density at radius 2 is 1.92 bits per heavy atom. The van der Waals surface area contributed by atoms with Crippen molar-refractivity contribution >= 4 is 23.4 Å². The predicted molar refractivity (Wildman–Crippen MR) is 49.2 cm³/mol. The van der Waals surface area contributed by atoms with E-state index in [1.807, 2.05) is 4.84 Å². The first-order chi connectivity index (χ1) is 6.08. The van der Waals surface area contributed by atoms with Crippen molar-refractivity contribution in [2.24, 2.45) is 0 Å². The Kier molecular flexibility index (Phi) is 3.47. The van der Waals surface area contributed by atoms with Gasteiger partial charge in [-0.1, -0.05) is 29.8 Å². The monoisotopic (exact) mass is 225 g/mol. The van der Waals surface area contributed by atoms with Crippen LogP contribution in [0.1, 0.15) is 5.56 Å². The Balaban J connectivity index is 2.99. The summed E-state index contributed by atoms with van der Waals surface area (Å²) < 4.78 is 26.4. The first-order valence-electron chi connectivity index (χ1n) is 3.54. The minimum absolute atomic E-state index is 0.0411. The largest absolute Gasteiger partial charge is 0.288 e. The summed E-state index contributed by atoms with van der Waals surface area (Å²) in [4.78, 5) is 1.90. The van der Waals surface area contributed by atoms with E-state index in [0.717, 1.165) is 0 Å². The molecule has 0 unspecified atom stereocenters. The predicted octanol–water partition coefficient (Wildman–Crippen LogP) is 3.18. The quantitative estimate of drug-likeness (QED) is 0.780. The minimum Gasteiger partial charge on any atom is -0.227 e. The summed E-state index contributed by atoms with van der Waals surface area (Å²) in [6.07, 6.45) is 0. The number of hydrogen-bond acceptors (Lipinski definition) is 1. The number of alkyl halides is 2. The average molecular weight is 226 g/mol. The second kappa shape index (κ2) is 4.22. The third-order valence-electron chi connectivity index (χ3n) is 1.56. The van der Waals surface area contributed by atoms with Crippen LogP contribution >= 0.6 is 23.4 Å². The van der Waals surface area contributed by atoms with Crippen molar-refractivity contribution in [3.8, 4) is 0 Å². The highest BCUT2D eigenvalue weighted by molar-refractivity contribution is 6.31. The van der Waals surface area contributed by atoms with E-state index in [4.69, 9.17) is 23.4 Å². The van der Waals surface area contributed by atoms with E-state index in [0.29, 0.717) is 0 Å². The van der Waals surface area contributed by atoms with Gasteiger partial charge in [0.25, 0.3) is 5.92 Å². The summed E-state index contributed by atoms with van der Waals surface area (Å²) in [7, 11) is 0. The molecule has 0 heterocycles. The van der Waals surface area contributed by atoms with Crippen LogP contribution in [0.15, 0.2) is 24.3 Å². The van der Waals surface area contributed by atoms with Gasteiger partial charge in [0.15, 0.2) is 0 Å². The van der Waals surface area contributed by atoms with Crippen LogP contribution in [0.25, 0.3) is 0 Å². The molecular formula is C8H7Cl2F2N. The lowest BCUT2D eigenvalue weighted by Crippen LogP contribution is -2.25. The fourth-order valence-corrected chi connectivity index (χ4v) is 1.38. The summed E-state index contributed by atoms with van der Waals surface area (Å²) in [5.41, 5.74) is -0.218. The van der Waals surface area contributed by atoms with Crippen molar-refractivity contribution in [3.63, 3.8) is 0 Å². The van der Waals surface area contributed by atoms with Crippen molar-refractivity contribution in [2.75, 3.05) is 6.54 Å². The van der Waals surface area contributed by atoms with Crippen molar-refractivity contribution < 1.29 is 8.78 Å². The minimum atomic E-state index is -3.04. The molecule has 0 fully saturated rings. The highest BCUT2D eigenvalue weighted by Gasteiger charge is 2.32. The lowest BCUT2D eigenvalue weighted by atomic mass is 10.1. The number of hydrogen-bond donors (Lipinski definition) is 1. The molecule has 13 heavy (non-hydrogen) atoms. The molecule has 0 saturated heterocycles. The standard InChI is InChI=1S/C8H7Cl2F2N/c9-7-4-2-1-3-6(7)8(11,12)5-13-10/h1-4,13H,5H2. The van der Waals surface area contributed by atoms with Gasteiger partial charge < -0.3 is 0 Å². The third-order valence-corrected chi connectivity index (χ3v) is 2.02. The SMILES string of the molecule is FC(F)(CNCl)c1ccccc1Cl. The lowest BCUT2D eigenvalue weighted by Gasteiger charge is -2.16. The molecule has 1 aromatic rings. The zero-order valence-corrected chi connectivity index (χ0v) is 8.04. The number of halogens is 4. The zero-order chi connectivity index (χ0) is 9.90. The maximum absolute atomic E-state index is 13.2. The molecule has 5 heteroatoms. The van der Waals surface area contributed by atoms with Gasteiger partial charge in [-0.05, 0) is 17.8 Å². The Hall–Kier alpha value is -0.380. The molecule has 0 bridgehead atoms. The Morgan fingerprint density at radius 1 is 1.31 bits per heavy atom. The van der Waals surface area contributed by atoms with E-state index >= 15 is 0 Å². The Bertz CT molecular complexity index is 291. The lowest BCUT2D eigenvalue weighted by molar-refractivity contribution is 0.00239. The summed E-state index contributed by atoms with van der Waals surface area (Å²) >= 11 is 10.6. The molecule has 1 rings (SSSR count). The fraction of sp³-hybridized carbons (Fsp3) is 0.250. The van der Waals surface area contributed by atoms with E-state index in [9.17, 15) is 8.78 Å². The summed E-state index contributed by atoms with van der Waals surface area (Å²) in [5, 5.41) is 0.0411. The molecule has 0 aromatic heterocycles. The van der Waals surface area contributed by atoms with Gasteiger partial charge in [-0.15, -0.1) is 0 Å². The van der Waals surface area contributed by atoms with Gasteiger partial charge in [0, 0.05) is 10.6 Å². The summed E-state index contributed by atoms with van der Waals surface area (Å²) in [5.74, 6) is -3.04. The molecule has 1 N–H and O–H groups in total. The molecule has 0 spiro atoms. The van der Waals surface area contributed by atoms with Gasteiger partial charge in [0.05, 0.1) is 6.54 Å². The maximum atomic E-state index is 13.2. The van der Waals surface area contributed by atoms with Gasteiger partial charge in [-0.3, -0.25) is 0 Å². The van der Waals surface area contributed by atoms with Crippen molar-refractivity contribution in [1.29, 1.82) is 0 Å². The molecule has 72 valence electrons. The topological polar surface area (TPSA) is 12.0 Å². The average Bonchev–Trinajstić information content (AvgIpc) is 2.04. The highest BCUT2D eigenvalue weighted by atomic mass is 35.5. The summed E-state index contributed by atoms with van der Waals surface area (Å²) in [6.45, 7) is -0.641. The van der Waals surface area contributed by atoms with E-state index in [-0.39, 0.29) is 10.6 Å². The molecule has 0 saturated carbocycles. The molecular weight excluding hydrogens is 219 g/mol. The first-order valence-corrected chi connectivity index (χ1v) is 4.30. The maximum Gasteiger partial charge on any atom is 0.288 e. The zero-order valence-electron chi connectivity index (χ0n) is 6.53. The van der Waals surface area contributed by atoms with Crippen LogP contribution in [0, 0.1) is 0 Å².